The van der Waals surface area contributed by atoms with Gasteiger partial charge in [0, 0.05) is 16.9 Å². The van der Waals surface area contributed by atoms with Gasteiger partial charge in [-0.05, 0) is 29.5 Å². The minimum atomic E-state index is -0.00361. The number of nitrogens with zero attached hydrogens (tertiary/aromatic N) is 3. The Balaban J connectivity index is 1.53. The molecule has 0 aliphatic heterocycles. The van der Waals surface area contributed by atoms with Gasteiger partial charge >= 0.3 is 0 Å². The van der Waals surface area contributed by atoms with Crippen LogP contribution in [0.1, 0.15) is 24.0 Å². The van der Waals surface area contributed by atoms with E-state index in [1.807, 2.05) is 36.4 Å². The lowest BCUT2D eigenvalue weighted by Gasteiger charge is -2.20. The average Bonchev–Trinajstić information content (AvgIpc) is 3.04. The van der Waals surface area contributed by atoms with E-state index in [-0.39, 0.29) is 18.1 Å². The zero-order valence-corrected chi connectivity index (χ0v) is 14.2. The molecular weight excluding hydrogens is 314 g/mol. The van der Waals surface area contributed by atoms with Gasteiger partial charge in [-0.25, -0.2) is 0 Å². The molecule has 1 saturated carbocycles. The summed E-state index contributed by atoms with van der Waals surface area (Å²) in [5, 5.41) is 3.89. The minimum absolute atomic E-state index is 0.00361. The Morgan fingerprint density at radius 3 is 2.20 bits per heavy atom. The van der Waals surface area contributed by atoms with Crippen molar-refractivity contribution in [2.75, 3.05) is 6.61 Å². The maximum absolute atomic E-state index is 8.72. The van der Waals surface area contributed by atoms with E-state index in [1.165, 1.54) is 0 Å². The van der Waals surface area contributed by atoms with Crippen molar-refractivity contribution < 1.29 is 9.47 Å². The highest BCUT2D eigenvalue weighted by molar-refractivity contribution is 5.14. The van der Waals surface area contributed by atoms with Gasteiger partial charge in [0.05, 0.1) is 25.9 Å². The zero-order chi connectivity index (χ0) is 17.3. The Labute approximate surface area is 148 Å². The smallest absolute Gasteiger partial charge is 0.0720 e. The molecule has 1 aliphatic rings. The molecule has 0 bridgehead atoms. The maximum atomic E-state index is 8.72. The van der Waals surface area contributed by atoms with Gasteiger partial charge in [-0.3, -0.25) is 0 Å². The predicted molar refractivity (Wildman–Crippen MR) is 96.8 cm³/mol. The second kappa shape index (κ2) is 9.23. The van der Waals surface area contributed by atoms with Crippen molar-refractivity contribution in [3.63, 3.8) is 0 Å². The van der Waals surface area contributed by atoms with Crippen LogP contribution in [0, 0.1) is 5.92 Å². The Bertz CT molecular complexity index is 687. The van der Waals surface area contributed by atoms with Gasteiger partial charge in [-0.1, -0.05) is 65.8 Å². The first-order valence-electron chi connectivity index (χ1n) is 8.66. The first-order valence-corrected chi connectivity index (χ1v) is 8.66. The quantitative estimate of drug-likeness (QED) is 0.391. The van der Waals surface area contributed by atoms with E-state index >= 15 is 0 Å². The van der Waals surface area contributed by atoms with Gasteiger partial charge in [0.2, 0.25) is 0 Å². The number of ether oxygens (including phenoxy) is 2. The highest BCUT2D eigenvalue weighted by atomic mass is 16.5. The van der Waals surface area contributed by atoms with Crippen molar-refractivity contribution in [3.05, 3.63) is 82.2 Å². The number of benzene rings is 2. The molecule has 0 amide bonds. The third kappa shape index (κ3) is 5.33. The van der Waals surface area contributed by atoms with E-state index in [0.717, 1.165) is 24.0 Å². The molecule has 0 heterocycles. The molecule has 0 N–H and O–H groups in total. The van der Waals surface area contributed by atoms with E-state index in [2.05, 4.69) is 34.3 Å². The van der Waals surface area contributed by atoms with Crippen LogP contribution in [-0.2, 0) is 22.7 Å². The average molecular weight is 337 g/mol. The van der Waals surface area contributed by atoms with Crippen molar-refractivity contribution in [1.29, 1.82) is 0 Å². The number of rotatable bonds is 8. The summed E-state index contributed by atoms with van der Waals surface area (Å²) in [4.78, 5) is 2.96. The fraction of sp³-hybridized carbons (Fsp3) is 0.400. The van der Waals surface area contributed by atoms with Crippen LogP contribution in [0.25, 0.3) is 10.4 Å². The van der Waals surface area contributed by atoms with Crippen LogP contribution in [0.15, 0.2) is 65.8 Å². The summed E-state index contributed by atoms with van der Waals surface area (Å²) in [5.74, 6) is 0.253. The number of azide groups is 1. The van der Waals surface area contributed by atoms with Crippen LogP contribution in [0.5, 0.6) is 0 Å². The SMILES string of the molecule is [N-]=[N+]=N[C@H]1C[C@H](COCc2ccccc2)[C@@H](OCc2ccccc2)C1. The molecule has 0 saturated heterocycles. The molecule has 130 valence electrons. The third-order valence-corrected chi connectivity index (χ3v) is 4.57. The zero-order valence-electron chi connectivity index (χ0n) is 14.2. The predicted octanol–water partition coefficient (Wildman–Crippen LogP) is 4.88. The van der Waals surface area contributed by atoms with E-state index in [9.17, 15) is 0 Å². The molecule has 0 radical (unpaired) electrons. The molecule has 1 fully saturated rings. The summed E-state index contributed by atoms with van der Waals surface area (Å²) in [6.45, 7) is 1.78. The van der Waals surface area contributed by atoms with Gasteiger partial charge in [0.15, 0.2) is 0 Å². The highest BCUT2D eigenvalue weighted by Gasteiger charge is 2.34. The monoisotopic (exact) mass is 337 g/mol. The van der Waals surface area contributed by atoms with Crippen LogP contribution >= 0.6 is 0 Å². The Morgan fingerprint density at radius 1 is 0.920 bits per heavy atom. The summed E-state index contributed by atoms with van der Waals surface area (Å²) in [6.07, 6.45) is 1.64. The Hall–Kier alpha value is -2.33. The van der Waals surface area contributed by atoms with Crippen molar-refractivity contribution in [2.24, 2.45) is 11.0 Å². The molecule has 0 spiro atoms. The molecule has 3 atom stereocenters. The Morgan fingerprint density at radius 2 is 1.56 bits per heavy atom. The molecule has 25 heavy (non-hydrogen) atoms. The molecule has 2 aromatic rings. The van der Waals surface area contributed by atoms with E-state index in [4.69, 9.17) is 15.0 Å². The van der Waals surface area contributed by atoms with Crippen molar-refractivity contribution >= 4 is 0 Å². The van der Waals surface area contributed by atoms with Gasteiger partial charge < -0.3 is 9.47 Å². The lowest BCUT2D eigenvalue weighted by molar-refractivity contribution is -0.0188. The van der Waals surface area contributed by atoms with Gasteiger partial charge in [-0.2, -0.15) is 0 Å². The maximum Gasteiger partial charge on any atom is 0.0720 e. The van der Waals surface area contributed by atoms with Crippen LogP contribution in [0.2, 0.25) is 0 Å². The summed E-state index contributed by atoms with van der Waals surface area (Å²) in [5.41, 5.74) is 11.0. The molecule has 5 nitrogen and oxygen atoms in total. The molecule has 0 unspecified atom stereocenters. The minimum Gasteiger partial charge on any atom is -0.376 e. The number of hydrogen-bond donors (Lipinski definition) is 0. The molecule has 0 aromatic heterocycles. The van der Waals surface area contributed by atoms with Gasteiger partial charge in [0.1, 0.15) is 0 Å². The van der Waals surface area contributed by atoms with Crippen molar-refractivity contribution in [3.8, 4) is 0 Å². The van der Waals surface area contributed by atoms with Gasteiger partial charge in [0.25, 0.3) is 0 Å². The van der Waals surface area contributed by atoms with Crippen LogP contribution in [0.3, 0.4) is 0 Å². The summed E-state index contributed by atoms with van der Waals surface area (Å²) in [7, 11) is 0. The Kier molecular flexibility index (Phi) is 6.46. The highest BCUT2D eigenvalue weighted by Crippen LogP contribution is 2.32. The first-order chi connectivity index (χ1) is 12.3. The van der Waals surface area contributed by atoms with E-state index in [1.54, 1.807) is 0 Å². The number of hydrogen-bond acceptors (Lipinski definition) is 3. The second-order valence-electron chi connectivity index (χ2n) is 6.43. The molecule has 1 aliphatic carbocycles. The normalized spacial score (nSPS) is 22.5. The molecule has 5 heteroatoms. The second-order valence-corrected chi connectivity index (χ2v) is 6.43. The van der Waals surface area contributed by atoms with E-state index in [0.29, 0.717) is 19.8 Å². The fourth-order valence-electron chi connectivity index (χ4n) is 3.28. The van der Waals surface area contributed by atoms with Crippen LogP contribution in [0.4, 0.5) is 0 Å². The molecule has 3 rings (SSSR count). The van der Waals surface area contributed by atoms with Crippen LogP contribution in [-0.4, -0.2) is 18.8 Å². The van der Waals surface area contributed by atoms with Gasteiger partial charge in [-0.15, -0.1) is 0 Å². The third-order valence-electron chi connectivity index (χ3n) is 4.57. The fourth-order valence-corrected chi connectivity index (χ4v) is 3.28. The topological polar surface area (TPSA) is 67.2 Å². The standard InChI is InChI=1S/C20H23N3O2/c21-23-22-19-11-18(15-24-13-16-7-3-1-4-8-16)20(12-19)25-14-17-9-5-2-6-10-17/h1-10,18-20H,11-15H2/t18-,19+,20+/m1/s1. The molecular formula is C20H23N3O2. The lowest BCUT2D eigenvalue weighted by atomic mass is 10.1. The summed E-state index contributed by atoms with van der Waals surface area (Å²) >= 11 is 0. The first kappa shape index (κ1) is 17.5. The van der Waals surface area contributed by atoms with E-state index < -0.39 is 0 Å². The summed E-state index contributed by atoms with van der Waals surface area (Å²) in [6, 6.07) is 20.3. The van der Waals surface area contributed by atoms with Crippen molar-refractivity contribution in [1.82, 2.24) is 0 Å². The largest absolute Gasteiger partial charge is 0.376 e. The van der Waals surface area contributed by atoms with Crippen LogP contribution < -0.4 is 0 Å². The molecule has 2 aromatic carbocycles. The van der Waals surface area contributed by atoms with Crippen molar-refractivity contribution in [2.45, 2.75) is 38.2 Å². The lowest BCUT2D eigenvalue weighted by Crippen LogP contribution is -2.22. The summed E-state index contributed by atoms with van der Waals surface area (Å²) < 4.78 is 12.0.